The van der Waals surface area contributed by atoms with Gasteiger partial charge in [-0.05, 0) is 68.7 Å². The highest BCUT2D eigenvalue weighted by Crippen LogP contribution is 2.32. The smallest absolute Gasteiger partial charge is 0.251 e. The number of aromatic nitrogens is 2. The molecule has 1 aromatic heterocycles. The molecule has 2 unspecified atom stereocenters. The Hall–Kier alpha value is -3.85. The summed E-state index contributed by atoms with van der Waals surface area (Å²) in [5.74, 6) is 2.51. The number of carbonyl (C=O) groups is 1. The lowest BCUT2D eigenvalue weighted by Crippen LogP contribution is -2.47. The van der Waals surface area contributed by atoms with Crippen LogP contribution < -0.4 is 14.9 Å². The first-order valence-corrected chi connectivity index (χ1v) is 12.9. The second kappa shape index (κ2) is 11.0. The van der Waals surface area contributed by atoms with E-state index in [0.717, 1.165) is 42.1 Å². The van der Waals surface area contributed by atoms with E-state index < -0.39 is 0 Å². The Morgan fingerprint density at radius 2 is 1.84 bits per heavy atom. The van der Waals surface area contributed by atoms with Crippen molar-refractivity contribution in [3.63, 3.8) is 0 Å². The Morgan fingerprint density at radius 3 is 2.57 bits per heavy atom. The van der Waals surface area contributed by atoms with Gasteiger partial charge in [0.15, 0.2) is 0 Å². The van der Waals surface area contributed by atoms with Crippen LogP contribution in [0.4, 0.5) is 0 Å². The van der Waals surface area contributed by atoms with Crippen molar-refractivity contribution in [2.45, 2.75) is 64.8 Å². The molecule has 3 heterocycles. The van der Waals surface area contributed by atoms with Gasteiger partial charge in [0.05, 0.1) is 18.8 Å². The summed E-state index contributed by atoms with van der Waals surface area (Å²) >= 11 is 0. The van der Waals surface area contributed by atoms with E-state index in [-0.39, 0.29) is 30.6 Å². The molecule has 2 aliphatic rings. The number of hydrogen-bond acceptors (Lipinski definition) is 8. The molecule has 1 N–H and O–H groups in total. The maximum Gasteiger partial charge on any atom is 0.251 e. The van der Waals surface area contributed by atoms with Gasteiger partial charge >= 0.3 is 0 Å². The van der Waals surface area contributed by atoms with Gasteiger partial charge in [0, 0.05) is 18.0 Å². The number of nitrogens with one attached hydrogen (secondary N) is 1. The third kappa shape index (κ3) is 5.77. The van der Waals surface area contributed by atoms with E-state index in [4.69, 9.17) is 14.0 Å². The molecule has 9 heteroatoms. The van der Waals surface area contributed by atoms with E-state index in [9.17, 15) is 4.79 Å². The van der Waals surface area contributed by atoms with Crippen LogP contribution in [0.25, 0.3) is 11.4 Å². The molecule has 194 valence electrons. The summed E-state index contributed by atoms with van der Waals surface area (Å²) in [6.07, 6.45) is 6.55. The van der Waals surface area contributed by atoms with Crippen LogP contribution in [0.1, 0.15) is 57.5 Å². The van der Waals surface area contributed by atoms with Crippen molar-refractivity contribution in [3.8, 4) is 22.9 Å². The average molecular weight is 504 g/mol. The summed E-state index contributed by atoms with van der Waals surface area (Å²) in [6.45, 7) is 7.06. The Labute approximate surface area is 217 Å². The van der Waals surface area contributed by atoms with Gasteiger partial charge in [-0.15, -0.1) is 0 Å². The van der Waals surface area contributed by atoms with E-state index in [1.54, 1.807) is 11.1 Å². The molecule has 0 radical (unpaired) electrons. The predicted octanol–water partition coefficient (Wildman–Crippen LogP) is 4.84. The lowest BCUT2D eigenvalue weighted by molar-refractivity contribution is -0.135. The highest BCUT2D eigenvalue weighted by Gasteiger charge is 2.40. The first-order chi connectivity index (χ1) is 18.0. The Morgan fingerprint density at radius 1 is 1.08 bits per heavy atom. The van der Waals surface area contributed by atoms with Gasteiger partial charge in [-0.25, -0.2) is 5.43 Å². The van der Waals surface area contributed by atoms with Gasteiger partial charge in [0.25, 0.3) is 5.91 Å². The second-order valence-electron chi connectivity index (χ2n) is 9.58. The van der Waals surface area contributed by atoms with Crippen LogP contribution in [-0.2, 0) is 11.3 Å². The normalized spacial score (nSPS) is 19.0. The fourth-order valence-corrected chi connectivity index (χ4v) is 4.45. The van der Waals surface area contributed by atoms with E-state index >= 15 is 0 Å². The number of hydrogen-bond donors (Lipinski definition) is 1. The molecule has 0 saturated carbocycles. The second-order valence-corrected chi connectivity index (χ2v) is 9.58. The lowest BCUT2D eigenvalue weighted by Gasteiger charge is -2.30. The van der Waals surface area contributed by atoms with Crippen LogP contribution in [-0.4, -0.2) is 44.7 Å². The van der Waals surface area contributed by atoms with E-state index in [0.29, 0.717) is 18.1 Å². The van der Waals surface area contributed by atoms with Crippen molar-refractivity contribution >= 4 is 5.91 Å². The third-order valence-electron chi connectivity index (χ3n) is 6.38. The van der Waals surface area contributed by atoms with Crippen molar-refractivity contribution in [1.29, 1.82) is 0 Å². The molecule has 1 fully saturated rings. The van der Waals surface area contributed by atoms with Gasteiger partial charge in [0.2, 0.25) is 11.7 Å². The quantitative estimate of drug-likeness (QED) is 0.393. The standard InChI is InChI=1S/C28H33N5O4/c1-4-5-16-35-22-10-6-20(7-11-22)24-17-25-28(34)32(14-15-33(25)30-24)18-26-29-27(31-37-26)21-8-12-23(13-9-21)36-19(2)3/h6-15,19,24-25,30H,4-5,16-18H2,1-3H3. The van der Waals surface area contributed by atoms with Crippen LogP contribution in [0.5, 0.6) is 11.5 Å². The number of fused-ring (bicyclic) bond motifs is 1. The molecular weight excluding hydrogens is 470 g/mol. The zero-order valence-corrected chi connectivity index (χ0v) is 21.5. The summed E-state index contributed by atoms with van der Waals surface area (Å²) in [6, 6.07) is 15.4. The van der Waals surface area contributed by atoms with Gasteiger partial charge in [-0.3, -0.25) is 4.79 Å². The summed E-state index contributed by atoms with van der Waals surface area (Å²) in [5.41, 5.74) is 5.38. The number of rotatable bonds is 10. The number of unbranched alkanes of at least 4 members (excludes halogenated alkanes) is 1. The molecule has 2 aromatic carbocycles. The Balaban J connectivity index is 1.19. The van der Waals surface area contributed by atoms with Gasteiger partial charge in [0.1, 0.15) is 24.1 Å². The Kier molecular flexibility index (Phi) is 7.41. The molecule has 0 bridgehead atoms. The highest BCUT2D eigenvalue weighted by molar-refractivity contribution is 5.84. The van der Waals surface area contributed by atoms with Crippen molar-refractivity contribution in [3.05, 3.63) is 72.4 Å². The molecule has 3 aromatic rings. The fraction of sp³-hybridized carbons (Fsp3) is 0.393. The zero-order valence-electron chi connectivity index (χ0n) is 21.5. The number of carbonyl (C=O) groups excluding carboxylic acids is 1. The maximum atomic E-state index is 13.3. The number of nitrogens with zero attached hydrogens (tertiary/aromatic N) is 4. The van der Waals surface area contributed by atoms with E-state index in [1.165, 1.54) is 0 Å². The van der Waals surface area contributed by atoms with Gasteiger partial charge < -0.3 is 23.9 Å². The molecule has 2 atom stereocenters. The summed E-state index contributed by atoms with van der Waals surface area (Å²) in [4.78, 5) is 19.4. The van der Waals surface area contributed by atoms with Crippen molar-refractivity contribution in [1.82, 2.24) is 25.5 Å². The minimum absolute atomic E-state index is 0.00745. The summed E-state index contributed by atoms with van der Waals surface area (Å²) in [7, 11) is 0. The van der Waals surface area contributed by atoms with Crippen LogP contribution in [0, 0.1) is 0 Å². The first-order valence-electron chi connectivity index (χ1n) is 12.9. The molecule has 9 nitrogen and oxygen atoms in total. The molecule has 1 saturated heterocycles. The molecule has 0 aliphatic carbocycles. The molecular formula is C28H33N5O4. The third-order valence-corrected chi connectivity index (χ3v) is 6.38. The van der Waals surface area contributed by atoms with E-state index in [2.05, 4.69) is 34.6 Å². The SMILES string of the molecule is CCCCOc1ccc(C2CC3C(=O)N(Cc4nc(-c5ccc(OC(C)C)cc5)no4)C=CN3N2)cc1. The minimum atomic E-state index is -0.300. The first kappa shape index (κ1) is 24.8. The van der Waals surface area contributed by atoms with Gasteiger partial charge in [-0.2, -0.15) is 4.98 Å². The maximum absolute atomic E-state index is 13.3. The highest BCUT2D eigenvalue weighted by atomic mass is 16.5. The fourth-order valence-electron chi connectivity index (χ4n) is 4.45. The zero-order chi connectivity index (χ0) is 25.8. The molecule has 1 amide bonds. The van der Waals surface area contributed by atoms with Gasteiger partial charge in [-0.1, -0.05) is 30.6 Å². The van der Waals surface area contributed by atoms with Crippen LogP contribution >= 0.6 is 0 Å². The van der Waals surface area contributed by atoms with E-state index in [1.807, 2.05) is 61.5 Å². The largest absolute Gasteiger partial charge is 0.494 e. The van der Waals surface area contributed by atoms with Crippen LogP contribution in [0.3, 0.4) is 0 Å². The van der Waals surface area contributed by atoms with Crippen LogP contribution in [0.15, 0.2) is 65.5 Å². The van der Waals surface area contributed by atoms with Crippen LogP contribution in [0.2, 0.25) is 0 Å². The van der Waals surface area contributed by atoms with Crippen molar-refractivity contribution in [2.75, 3.05) is 6.61 Å². The topological polar surface area (TPSA) is 93.0 Å². The number of ether oxygens (including phenoxy) is 2. The van der Waals surface area contributed by atoms with Crippen molar-refractivity contribution in [2.24, 2.45) is 0 Å². The number of hydrazine groups is 1. The molecule has 0 spiro atoms. The Bertz CT molecular complexity index is 1220. The minimum Gasteiger partial charge on any atom is -0.494 e. The summed E-state index contributed by atoms with van der Waals surface area (Å²) < 4.78 is 16.9. The monoisotopic (exact) mass is 503 g/mol. The molecule has 5 rings (SSSR count). The van der Waals surface area contributed by atoms with Crippen molar-refractivity contribution < 1.29 is 18.8 Å². The molecule has 37 heavy (non-hydrogen) atoms. The molecule has 2 aliphatic heterocycles. The summed E-state index contributed by atoms with van der Waals surface area (Å²) in [5, 5.41) is 5.98. The number of benzene rings is 2. The number of amides is 1. The predicted molar refractivity (Wildman–Crippen MR) is 138 cm³/mol. The lowest BCUT2D eigenvalue weighted by atomic mass is 10.0. The average Bonchev–Trinajstić information content (AvgIpc) is 3.54.